The molecule has 3 aromatic rings. The summed E-state index contributed by atoms with van der Waals surface area (Å²) in [7, 11) is 1.86. The summed E-state index contributed by atoms with van der Waals surface area (Å²) < 4.78 is 3.19. The number of hydrogen-bond acceptors (Lipinski definition) is 4. The molecule has 0 fully saturated rings. The first kappa shape index (κ1) is 15.9. The second-order valence-corrected chi connectivity index (χ2v) is 5.77. The Labute approximate surface area is 138 Å². The fraction of sp³-hybridized carbons (Fsp3) is 0.294. The van der Waals surface area contributed by atoms with Gasteiger partial charge >= 0.3 is 0 Å². The number of rotatable bonds is 4. The topological polar surface area (TPSA) is 81.8 Å². The summed E-state index contributed by atoms with van der Waals surface area (Å²) in [5, 5.41) is 7.10. The quantitative estimate of drug-likeness (QED) is 0.784. The maximum atomic E-state index is 12.4. The Kier molecular flexibility index (Phi) is 4.16. The summed E-state index contributed by atoms with van der Waals surface area (Å²) in [6, 6.07) is 7.07. The number of amides is 1. The lowest BCUT2D eigenvalue weighted by Crippen LogP contribution is -2.34. The number of aromatic nitrogens is 4. The van der Waals surface area contributed by atoms with Crippen molar-refractivity contribution >= 4 is 16.9 Å². The standard InChI is InChI=1S/C17H19N5O2/c1-11(13-8-19-21(3)12(13)2)20-16(23)10-22-15-7-5-4-6-14(15)18-9-17(22)24/h4-9,11H,10H2,1-3H3,(H,20,23)/t11-/m0/s1. The van der Waals surface area contributed by atoms with Gasteiger partial charge in [0.25, 0.3) is 5.56 Å². The van der Waals surface area contributed by atoms with Gasteiger partial charge in [-0.2, -0.15) is 5.10 Å². The van der Waals surface area contributed by atoms with Crippen LogP contribution >= 0.6 is 0 Å². The largest absolute Gasteiger partial charge is 0.348 e. The molecule has 0 radical (unpaired) electrons. The molecule has 0 bridgehead atoms. The lowest BCUT2D eigenvalue weighted by Gasteiger charge is -2.15. The molecule has 1 atom stereocenters. The van der Waals surface area contributed by atoms with Gasteiger partial charge in [-0.15, -0.1) is 0 Å². The summed E-state index contributed by atoms with van der Waals surface area (Å²) in [5.74, 6) is -0.232. The monoisotopic (exact) mass is 325 g/mol. The maximum absolute atomic E-state index is 12.4. The molecule has 0 saturated heterocycles. The predicted molar refractivity (Wildman–Crippen MR) is 90.5 cm³/mol. The van der Waals surface area contributed by atoms with Gasteiger partial charge in [-0.05, 0) is 26.0 Å². The zero-order chi connectivity index (χ0) is 17.3. The number of aryl methyl sites for hydroxylation is 1. The molecule has 1 amide bonds. The molecule has 7 heteroatoms. The summed E-state index contributed by atoms with van der Waals surface area (Å²) in [5.41, 5.74) is 2.98. The van der Waals surface area contributed by atoms with Crippen molar-refractivity contribution in [2.24, 2.45) is 7.05 Å². The summed E-state index contributed by atoms with van der Waals surface area (Å²) in [6.07, 6.45) is 2.98. The molecular weight excluding hydrogens is 306 g/mol. The summed E-state index contributed by atoms with van der Waals surface area (Å²) in [6.45, 7) is 3.80. The first-order chi connectivity index (χ1) is 11.5. The van der Waals surface area contributed by atoms with Crippen molar-refractivity contribution in [3.63, 3.8) is 0 Å². The lowest BCUT2D eigenvalue weighted by molar-refractivity contribution is -0.122. The minimum atomic E-state index is -0.297. The summed E-state index contributed by atoms with van der Waals surface area (Å²) >= 11 is 0. The number of nitrogens with one attached hydrogen (secondary N) is 1. The minimum absolute atomic E-state index is 0.0501. The van der Waals surface area contributed by atoms with E-state index in [-0.39, 0.29) is 24.1 Å². The van der Waals surface area contributed by atoms with Crippen molar-refractivity contribution in [1.29, 1.82) is 0 Å². The average molecular weight is 325 g/mol. The lowest BCUT2D eigenvalue weighted by atomic mass is 10.1. The van der Waals surface area contributed by atoms with Gasteiger partial charge in [0, 0.05) is 18.3 Å². The Morgan fingerprint density at radius 2 is 2.04 bits per heavy atom. The number of fused-ring (bicyclic) bond motifs is 1. The van der Waals surface area contributed by atoms with E-state index >= 15 is 0 Å². The van der Waals surface area contributed by atoms with Crippen molar-refractivity contribution < 1.29 is 4.79 Å². The third-order valence-corrected chi connectivity index (χ3v) is 4.17. The van der Waals surface area contributed by atoms with E-state index in [0.29, 0.717) is 11.0 Å². The maximum Gasteiger partial charge on any atom is 0.269 e. The normalized spacial score (nSPS) is 12.3. The van der Waals surface area contributed by atoms with Crippen molar-refractivity contribution in [2.45, 2.75) is 26.4 Å². The zero-order valence-corrected chi connectivity index (χ0v) is 13.9. The van der Waals surface area contributed by atoms with Gasteiger partial charge < -0.3 is 5.32 Å². The van der Waals surface area contributed by atoms with Crippen LogP contribution in [-0.2, 0) is 18.4 Å². The predicted octanol–water partition coefficient (Wildman–Crippen LogP) is 1.32. The van der Waals surface area contributed by atoms with Gasteiger partial charge in [0.05, 0.1) is 29.5 Å². The van der Waals surface area contributed by atoms with Crippen LogP contribution in [0.25, 0.3) is 11.0 Å². The highest BCUT2D eigenvalue weighted by Gasteiger charge is 2.16. The van der Waals surface area contributed by atoms with E-state index in [0.717, 1.165) is 11.3 Å². The Hall–Kier alpha value is -2.96. The van der Waals surface area contributed by atoms with Crippen LogP contribution in [0.5, 0.6) is 0 Å². The van der Waals surface area contributed by atoms with Gasteiger partial charge in [-0.25, -0.2) is 4.98 Å². The van der Waals surface area contributed by atoms with E-state index < -0.39 is 0 Å². The molecule has 0 spiro atoms. The summed E-state index contributed by atoms with van der Waals surface area (Å²) in [4.78, 5) is 28.6. The van der Waals surface area contributed by atoms with Crippen LogP contribution in [0.2, 0.25) is 0 Å². The molecule has 0 saturated carbocycles. The molecule has 0 aliphatic carbocycles. The molecule has 1 N–H and O–H groups in total. The Morgan fingerprint density at radius 1 is 1.29 bits per heavy atom. The third-order valence-electron chi connectivity index (χ3n) is 4.17. The van der Waals surface area contributed by atoms with E-state index in [1.54, 1.807) is 16.9 Å². The highest BCUT2D eigenvalue weighted by atomic mass is 16.2. The zero-order valence-electron chi connectivity index (χ0n) is 13.9. The van der Waals surface area contributed by atoms with Crippen molar-refractivity contribution in [3.05, 3.63) is 58.3 Å². The van der Waals surface area contributed by atoms with E-state index in [4.69, 9.17) is 0 Å². The molecule has 0 aliphatic heterocycles. The minimum Gasteiger partial charge on any atom is -0.348 e. The van der Waals surface area contributed by atoms with Crippen molar-refractivity contribution in [1.82, 2.24) is 24.6 Å². The highest BCUT2D eigenvalue weighted by Crippen LogP contribution is 2.16. The van der Waals surface area contributed by atoms with Crippen molar-refractivity contribution in [3.8, 4) is 0 Å². The Balaban J connectivity index is 1.82. The van der Waals surface area contributed by atoms with Crippen molar-refractivity contribution in [2.75, 3.05) is 0 Å². The highest BCUT2D eigenvalue weighted by molar-refractivity contribution is 5.80. The van der Waals surface area contributed by atoms with Crippen LogP contribution in [0.3, 0.4) is 0 Å². The van der Waals surface area contributed by atoms with Gasteiger partial charge in [0.15, 0.2) is 0 Å². The fourth-order valence-electron chi connectivity index (χ4n) is 2.73. The first-order valence-electron chi connectivity index (χ1n) is 7.70. The molecule has 1 aromatic carbocycles. The number of carbonyl (C=O) groups is 1. The molecule has 124 valence electrons. The molecule has 2 aromatic heterocycles. The van der Waals surface area contributed by atoms with Crippen LogP contribution in [0.1, 0.15) is 24.2 Å². The van der Waals surface area contributed by atoms with Gasteiger partial charge in [-0.1, -0.05) is 12.1 Å². The van der Waals surface area contributed by atoms with Crippen LogP contribution in [0, 0.1) is 6.92 Å². The molecule has 2 heterocycles. The van der Waals surface area contributed by atoms with E-state index in [9.17, 15) is 9.59 Å². The molecule has 3 rings (SSSR count). The molecule has 7 nitrogen and oxygen atoms in total. The number of benzene rings is 1. The number of para-hydroxylation sites is 2. The van der Waals surface area contributed by atoms with Crippen LogP contribution in [0.4, 0.5) is 0 Å². The second-order valence-electron chi connectivity index (χ2n) is 5.77. The fourth-order valence-corrected chi connectivity index (χ4v) is 2.73. The first-order valence-corrected chi connectivity index (χ1v) is 7.70. The van der Waals surface area contributed by atoms with E-state index in [2.05, 4.69) is 15.4 Å². The number of nitrogens with zero attached hydrogens (tertiary/aromatic N) is 4. The van der Waals surface area contributed by atoms with Crippen LogP contribution < -0.4 is 10.9 Å². The molecule has 24 heavy (non-hydrogen) atoms. The molecule has 0 unspecified atom stereocenters. The third kappa shape index (κ3) is 2.92. The smallest absolute Gasteiger partial charge is 0.269 e. The SMILES string of the molecule is Cc1c([C@H](C)NC(=O)Cn2c(=O)cnc3ccccc32)cnn1C. The van der Waals surface area contributed by atoms with E-state index in [1.807, 2.05) is 39.1 Å². The number of carbonyl (C=O) groups excluding carboxylic acids is 1. The average Bonchev–Trinajstić information content (AvgIpc) is 2.90. The Bertz CT molecular complexity index is 957. The van der Waals surface area contributed by atoms with Gasteiger partial charge in [0.2, 0.25) is 5.91 Å². The number of hydrogen-bond donors (Lipinski definition) is 1. The van der Waals surface area contributed by atoms with Crippen LogP contribution in [0.15, 0.2) is 41.5 Å². The molecular formula is C17H19N5O2. The Morgan fingerprint density at radius 3 is 2.75 bits per heavy atom. The van der Waals surface area contributed by atoms with Gasteiger partial charge in [-0.3, -0.25) is 18.8 Å². The van der Waals surface area contributed by atoms with Gasteiger partial charge in [0.1, 0.15) is 6.54 Å². The molecule has 0 aliphatic rings. The second kappa shape index (κ2) is 6.27. The van der Waals surface area contributed by atoms with E-state index in [1.165, 1.54) is 10.8 Å². The van der Waals surface area contributed by atoms with Crippen LogP contribution in [-0.4, -0.2) is 25.2 Å².